The zero-order valence-electron chi connectivity index (χ0n) is 8.36. The van der Waals surface area contributed by atoms with Gasteiger partial charge in [-0.3, -0.25) is 0 Å². The van der Waals surface area contributed by atoms with E-state index in [9.17, 15) is 0 Å². The third-order valence-corrected chi connectivity index (χ3v) is 2.31. The van der Waals surface area contributed by atoms with Crippen LogP contribution in [-0.2, 0) is 16.1 Å². The smallest absolute Gasteiger partial charge is 0.134 e. The van der Waals surface area contributed by atoms with E-state index >= 15 is 0 Å². The van der Waals surface area contributed by atoms with E-state index < -0.39 is 0 Å². The van der Waals surface area contributed by atoms with Crippen molar-refractivity contribution in [2.45, 2.75) is 32.5 Å². The Morgan fingerprint density at radius 3 is 2.93 bits per heavy atom. The van der Waals surface area contributed by atoms with Gasteiger partial charge in [0.2, 0.25) is 0 Å². The lowest BCUT2D eigenvalue weighted by Crippen LogP contribution is -2.23. The van der Waals surface area contributed by atoms with E-state index in [1.54, 1.807) is 0 Å². The Morgan fingerprint density at radius 2 is 2.29 bits per heavy atom. The van der Waals surface area contributed by atoms with Gasteiger partial charge in [-0.1, -0.05) is 5.16 Å². The third kappa shape index (κ3) is 2.56. The Bertz CT molecular complexity index is 279. The maximum absolute atomic E-state index is 5.68. The Hall–Kier alpha value is -0.870. The Balaban J connectivity index is 1.76. The first-order chi connectivity index (χ1) is 6.84. The summed E-state index contributed by atoms with van der Waals surface area (Å²) in [5.41, 5.74) is 0.869. The van der Waals surface area contributed by atoms with Gasteiger partial charge in [-0.2, -0.15) is 0 Å². The van der Waals surface area contributed by atoms with Crippen molar-refractivity contribution in [2.24, 2.45) is 0 Å². The van der Waals surface area contributed by atoms with Crippen molar-refractivity contribution in [3.05, 3.63) is 17.5 Å². The van der Waals surface area contributed by atoms with E-state index in [2.05, 4.69) is 5.16 Å². The first-order valence-corrected chi connectivity index (χ1v) is 4.96. The predicted molar refractivity (Wildman–Crippen MR) is 49.9 cm³/mol. The van der Waals surface area contributed by atoms with Gasteiger partial charge in [-0.05, 0) is 19.8 Å². The number of ether oxygens (including phenoxy) is 2. The third-order valence-electron chi connectivity index (χ3n) is 2.31. The van der Waals surface area contributed by atoms with Crippen LogP contribution in [-0.4, -0.2) is 24.5 Å². The molecule has 0 atom stereocenters. The quantitative estimate of drug-likeness (QED) is 0.739. The molecule has 0 unspecified atom stereocenters. The minimum Gasteiger partial charge on any atom is -0.381 e. The second-order valence-corrected chi connectivity index (χ2v) is 3.55. The van der Waals surface area contributed by atoms with E-state index in [0.717, 1.165) is 37.5 Å². The molecule has 0 bridgehead atoms. The average molecular weight is 197 g/mol. The van der Waals surface area contributed by atoms with E-state index in [-0.39, 0.29) is 0 Å². The first-order valence-electron chi connectivity index (χ1n) is 4.96. The van der Waals surface area contributed by atoms with Gasteiger partial charge in [-0.15, -0.1) is 0 Å². The van der Waals surface area contributed by atoms with Gasteiger partial charge in [0.15, 0.2) is 0 Å². The van der Waals surface area contributed by atoms with Gasteiger partial charge in [0, 0.05) is 19.3 Å². The number of aryl methyl sites for hydroxylation is 1. The SMILES string of the molecule is Cc1cc(COC2CCOCC2)no1. The molecule has 14 heavy (non-hydrogen) atoms. The summed E-state index contributed by atoms with van der Waals surface area (Å²) in [5.74, 6) is 0.829. The molecule has 2 rings (SSSR count). The molecular weight excluding hydrogens is 182 g/mol. The van der Waals surface area contributed by atoms with Crippen LogP contribution in [0.2, 0.25) is 0 Å². The lowest BCUT2D eigenvalue weighted by Gasteiger charge is -2.21. The van der Waals surface area contributed by atoms with Crippen LogP contribution in [0.4, 0.5) is 0 Å². The highest BCUT2D eigenvalue weighted by molar-refractivity contribution is 5.01. The van der Waals surface area contributed by atoms with E-state index in [0.29, 0.717) is 12.7 Å². The van der Waals surface area contributed by atoms with Crippen molar-refractivity contribution >= 4 is 0 Å². The van der Waals surface area contributed by atoms with Crippen molar-refractivity contribution in [1.82, 2.24) is 5.16 Å². The maximum Gasteiger partial charge on any atom is 0.134 e. The molecule has 1 aliphatic rings. The Morgan fingerprint density at radius 1 is 1.50 bits per heavy atom. The van der Waals surface area contributed by atoms with Crippen LogP contribution in [0.3, 0.4) is 0 Å². The molecular formula is C10H15NO3. The van der Waals surface area contributed by atoms with Gasteiger partial charge in [-0.25, -0.2) is 0 Å². The van der Waals surface area contributed by atoms with Crippen LogP contribution in [0.1, 0.15) is 24.3 Å². The van der Waals surface area contributed by atoms with Gasteiger partial charge in [0.1, 0.15) is 11.5 Å². The van der Waals surface area contributed by atoms with Crippen LogP contribution in [0.5, 0.6) is 0 Å². The molecule has 2 heterocycles. The topological polar surface area (TPSA) is 44.5 Å². The molecule has 0 N–H and O–H groups in total. The van der Waals surface area contributed by atoms with Gasteiger partial charge in [0.05, 0.1) is 12.7 Å². The number of aromatic nitrogens is 1. The molecule has 0 aliphatic carbocycles. The highest BCUT2D eigenvalue weighted by Crippen LogP contribution is 2.13. The minimum atomic E-state index is 0.320. The molecule has 1 aromatic rings. The molecule has 4 heteroatoms. The molecule has 0 saturated carbocycles. The Kier molecular flexibility index (Phi) is 3.16. The van der Waals surface area contributed by atoms with Gasteiger partial charge >= 0.3 is 0 Å². The molecule has 0 amide bonds. The molecule has 1 aromatic heterocycles. The monoisotopic (exact) mass is 197 g/mol. The second-order valence-electron chi connectivity index (χ2n) is 3.55. The van der Waals surface area contributed by atoms with E-state index in [1.807, 2.05) is 13.0 Å². The summed E-state index contributed by atoms with van der Waals surface area (Å²) in [4.78, 5) is 0. The largest absolute Gasteiger partial charge is 0.381 e. The molecule has 0 radical (unpaired) electrons. The lowest BCUT2D eigenvalue weighted by molar-refractivity contribution is -0.0404. The van der Waals surface area contributed by atoms with Crippen molar-refractivity contribution in [3.8, 4) is 0 Å². The molecule has 4 nitrogen and oxygen atoms in total. The molecule has 78 valence electrons. The minimum absolute atomic E-state index is 0.320. The normalized spacial score (nSPS) is 18.6. The average Bonchev–Trinajstić information content (AvgIpc) is 2.63. The summed E-state index contributed by atoms with van der Waals surface area (Å²) in [6.07, 6.45) is 2.29. The highest BCUT2D eigenvalue weighted by atomic mass is 16.5. The van der Waals surface area contributed by atoms with E-state index in [4.69, 9.17) is 14.0 Å². The summed E-state index contributed by atoms with van der Waals surface area (Å²) in [6.45, 7) is 4.04. The molecule has 0 spiro atoms. The van der Waals surface area contributed by atoms with Crippen LogP contribution >= 0.6 is 0 Å². The summed E-state index contributed by atoms with van der Waals surface area (Å²) < 4.78 is 15.9. The molecule has 1 fully saturated rings. The van der Waals surface area contributed by atoms with Crippen LogP contribution in [0.15, 0.2) is 10.6 Å². The number of hydrogen-bond donors (Lipinski definition) is 0. The van der Waals surface area contributed by atoms with E-state index in [1.165, 1.54) is 0 Å². The zero-order chi connectivity index (χ0) is 9.80. The predicted octanol–water partition coefficient (Wildman–Crippen LogP) is 1.68. The van der Waals surface area contributed by atoms with Crippen LogP contribution < -0.4 is 0 Å². The van der Waals surface area contributed by atoms with Crippen molar-refractivity contribution < 1.29 is 14.0 Å². The summed E-state index contributed by atoms with van der Waals surface area (Å²) in [7, 11) is 0. The van der Waals surface area contributed by atoms with Crippen molar-refractivity contribution in [3.63, 3.8) is 0 Å². The fourth-order valence-electron chi connectivity index (χ4n) is 1.53. The Labute approximate surface area is 83.2 Å². The summed E-state index contributed by atoms with van der Waals surface area (Å²) in [6, 6.07) is 1.90. The first kappa shape index (κ1) is 9.68. The highest BCUT2D eigenvalue weighted by Gasteiger charge is 2.14. The lowest BCUT2D eigenvalue weighted by atomic mass is 10.1. The van der Waals surface area contributed by atoms with Gasteiger partial charge in [0.25, 0.3) is 0 Å². The number of hydrogen-bond acceptors (Lipinski definition) is 4. The number of nitrogens with zero attached hydrogens (tertiary/aromatic N) is 1. The van der Waals surface area contributed by atoms with Crippen molar-refractivity contribution in [2.75, 3.05) is 13.2 Å². The fourth-order valence-corrected chi connectivity index (χ4v) is 1.53. The van der Waals surface area contributed by atoms with Crippen molar-refractivity contribution in [1.29, 1.82) is 0 Å². The second kappa shape index (κ2) is 4.57. The van der Waals surface area contributed by atoms with Crippen LogP contribution in [0, 0.1) is 6.92 Å². The fraction of sp³-hybridized carbons (Fsp3) is 0.700. The summed E-state index contributed by atoms with van der Waals surface area (Å²) in [5, 5.41) is 3.87. The van der Waals surface area contributed by atoms with Crippen LogP contribution in [0.25, 0.3) is 0 Å². The molecule has 0 aromatic carbocycles. The van der Waals surface area contributed by atoms with Gasteiger partial charge < -0.3 is 14.0 Å². The molecule has 1 aliphatic heterocycles. The zero-order valence-corrected chi connectivity index (χ0v) is 8.36. The standard InChI is InChI=1S/C10H15NO3/c1-8-6-9(11-14-8)7-13-10-2-4-12-5-3-10/h6,10H,2-5,7H2,1H3. The number of rotatable bonds is 3. The summed E-state index contributed by atoms with van der Waals surface area (Å²) >= 11 is 0. The molecule has 1 saturated heterocycles. The maximum atomic E-state index is 5.68.